The summed E-state index contributed by atoms with van der Waals surface area (Å²) in [6, 6.07) is 0.659. The highest BCUT2D eigenvalue weighted by molar-refractivity contribution is 4.88. The zero-order chi connectivity index (χ0) is 8.48. The molecule has 1 aliphatic rings. The van der Waals surface area contributed by atoms with Gasteiger partial charge in [0.05, 0.1) is 5.60 Å². The molecule has 0 aromatic heterocycles. The fourth-order valence-corrected chi connectivity index (χ4v) is 1.58. The highest BCUT2D eigenvalue weighted by atomic mass is 16.5. The summed E-state index contributed by atoms with van der Waals surface area (Å²) in [7, 11) is 1.81. The Balaban J connectivity index is 2.46. The lowest BCUT2D eigenvalue weighted by Gasteiger charge is -2.25. The Morgan fingerprint density at radius 3 is 2.36 bits per heavy atom. The zero-order valence-corrected chi connectivity index (χ0v) is 8.05. The van der Waals surface area contributed by atoms with Gasteiger partial charge >= 0.3 is 0 Å². The van der Waals surface area contributed by atoms with E-state index in [2.05, 4.69) is 25.7 Å². The van der Waals surface area contributed by atoms with Gasteiger partial charge in [-0.3, -0.25) is 4.90 Å². The number of hydrogen-bond donors (Lipinski definition) is 0. The average molecular weight is 157 g/mol. The molecule has 0 radical (unpaired) electrons. The van der Waals surface area contributed by atoms with Gasteiger partial charge in [0, 0.05) is 26.2 Å². The Morgan fingerprint density at radius 2 is 2.09 bits per heavy atom. The molecule has 1 fully saturated rings. The van der Waals surface area contributed by atoms with Gasteiger partial charge in [-0.05, 0) is 27.2 Å². The van der Waals surface area contributed by atoms with E-state index in [1.807, 2.05) is 7.11 Å². The molecule has 1 heterocycles. The van der Waals surface area contributed by atoms with Crippen molar-refractivity contribution in [2.45, 2.75) is 38.8 Å². The number of hydrogen-bond acceptors (Lipinski definition) is 2. The smallest absolute Gasteiger partial charge is 0.0789 e. The molecule has 1 rings (SSSR count). The molecular weight excluding hydrogens is 138 g/mol. The molecule has 1 aliphatic heterocycles. The third kappa shape index (κ3) is 1.94. The van der Waals surface area contributed by atoms with Gasteiger partial charge in [-0.25, -0.2) is 0 Å². The van der Waals surface area contributed by atoms with Crippen molar-refractivity contribution in [2.75, 3.05) is 20.2 Å². The van der Waals surface area contributed by atoms with Crippen molar-refractivity contribution in [3.05, 3.63) is 0 Å². The molecule has 11 heavy (non-hydrogen) atoms. The van der Waals surface area contributed by atoms with Crippen LogP contribution in [0, 0.1) is 0 Å². The van der Waals surface area contributed by atoms with E-state index in [1.165, 1.54) is 13.0 Å². The second-order valence-corrected chi connectivity index (χ2v) is 3.97. The minimum atomic E-state index is 0.115. The first kappa shape index (κ1) is 9.01. The van der Waals surface area contributed by atoms with Crippen molar-refractivity contribution in [2.24, 2.45) is 0 Å². The summed E-state index contributed by atoms with van der Waals surface area (Å²) in [6.07, 6.45) is 1.17. The Labute approximate surface area is 69.5 Å². The summed E-state index contributed by atoms with van der Waals surface area (Å²) in [6.45, 7) is 8.93. The van der Waals surface area contributed by atoms with E-state index >= 15 is 0 Å². The molecule has 0 aliphatic carbocycles. The summed E-state index contributed by atoms with van der Waals surface area (Å²) in [5, 5.41) is 0. The molecule has 2 nitrogen and oxygen atoms in total. The van der Waals surface area contributed by atoms with Crippen molar-refractivity contribution < 1.29 is 4.74 Å². The molecule has 0 unspecified atom stereocenters. The molecule has 66 valence electrons. The topological polar surface area (TPSA) is 12.5 Å². The summed E-state index contributed by atoms with van der Waals surface area (Å²) in [5.74, 6) is 0. The first-order chi connectivity index (χ1) is 5.07. The second-order valence-electron chi connectivity index (χ2n) is 3.97. The van der Waals surface area contributed by atoms with Crippen LogP contribution in [0.3, 0.4) is 0 Å². The van der Waals surface area contributed by atoms with Gasteiger partial charge < -0.3 is 4.74 Å². The van der Waals surface area contributed by atoms with Crippen molar-refractivity contribution in [3.63, 3.8) is 0 Å². The molecule has 0 bridgehead atoms. The fraction of sp³-hybridized carbons (Fsp3) is 1.00. The van der Waals surface area contributed by atoms with Crippen molar-refractivity contribution >= 4 is 0 Å². The van der Waals surface area contributed by atoms with E-state index in [1.54, 1.807) is 0 Å². The lowest BCUT2D eigenvalue weighted by atomic mass is 10.1. The SMILES string of the molecule is CO[C@@]1(C)CCN(C(C)C)C1. The maximum absolute atomic E-state index is 5.44. The van der Waals surface area contributed by atoms with E-state index in [9.17, 15) is 0 Å². The van der Waals surface area contributed by atoms with Crippen LogP contribution in [-0.4, -0.2) is 36.7 Å². The molecule has 0 aromatic carbocycles. The predicted octanol–water partition coefficient (Wildman–Crippen LogP) is 1.51. The third-order valence-corrected chi connectivity index (χ3v) is 2.69. The van der Waals surface area contributed by atoms with Gasteiger partial charge in [0.25, 0.3) is 0 Å². The lowest BCUT2D eigenvalue weighted by Crippen LogP contribution is -2.35. The summed E-state index contributed by atoms with van der Waals surface area (Å²) < 4.78 is 5.44. The van der Waals surface area contributed by atoms with E-state index in [-0.39, 0.29) is 5.60 Å². The first-order valence-corrected chi connectivity index (χ1v) is 4.36. The predicted molar refractivity (Wildman–Crippen MR) is 46.7 cm³/mol. The highest BCUT2D eigenvalue weighted by Gasteiger charge is 2.34. The average Bonchev–Trinajstić information content (AvgIpc) is 2.33. The maximum Gasteiger partial charge on any atom is 0.0789 e. The minimum Gasteiger partial charge on any atom is -0.377 e. The minimum absolute atomic E-state index is 0.115. The number of ether oxygens (including phenoxy) is 1. The Bertz CT molecular complexity index is 136. The van der Waals surface area contributed by atoms with Gasteiger partial charge in [-0.1, -0.05) is 0 Å². The molecular formula is C9H19NO. The highest BCUT2D eigenvalue weighted by Crippen LogP contribution is 2.25. The Kier molecular flexibility index (Phi) is 2.55. The molecule has 0 aromatic rings. The van der Waals surface area contributed by atoms with E-state index in [4.69, 9.17) is 4.74 Å². The molecule has 0 saturated carbocycles. The van der Waals surface area contributed by atoms with Crippen LogP contribution in [0.25, 0.3) is 0 Å². The molecule has 1 saturated heterocycles. The van der Waals surface area contributed by atoms with Gasteiger partial charge in [0.1, 0.15) is 0 Å². The van der Waals surface area contributed by atoms with E-state index in [0.29, 0.717) is 6.04 Å². The van der Waals surface area contributed by atoms with Crippen LogP contribution in [0.2, 0.25) is 0 Å². The van der Waals surface area contributed by atoms with E-state index in [0.717, 1.165) is 6.54 Å². The number of nitrogens with zero attached hydrogens (tertiary/aromatic N) is 1. The van der Waals surface area contributed by atoms with Gasteiger partial charge in [0.15, 0.2) is 0 Å². The fourth-order valence-electron chi connectivity index (χ4n) is 1.58. The van der Waals surface area contributed by atoms with Gasteiger partial charge in [-0.15, -0.1) is 0 Å². The van der Waals surface area contributed by atoms with Gasteiger partial charge in [-0.2, -0.15) is 0 Å². The second kappa shape index (κ2) is 3.11. The van der Waals surface area contributed by atoms with Gasteiger partial charge in [0.2, 0.25) is 0 Å². The molecule has 0 spiro atoms. The maximum atomic E-state index is 5.44. The van der Waals surface area contributed by atoms with Crippen LogP contribution < -0.4 is 0 Å². The first-order valence-electron chi connectivity index (χ1n) is 4.36. The van der Waals surface area contributed by atoms with Crippen LogP contribution >= 0.6 is 0 Å². The Morgan fingerprint density at radius 1 is 1.45 bits per heavy atom. The monoisotopic (exact) mass is 157 g/mol. The normalized spacial score (nSPS) is 33.5. The van der Waals surface area contributed by atoms with E-state index < -0.39 is 0 Å². The summed E-state index contributed by atoms with van der Waals surface area (Å²) in [4.78, 5) is 2.46. The van der Waals surface area contributed by atoms with Crippen molar-refractivity contribution in [3.8, 4) is 0 Å². The summed E-state index contributed by atoms with van der Waals surface area (Å²) >= 11 is 0. The van der Waals surface area contributed by atoms with Crippen LogP contribution in [0.15, 0.2) is 0 Å². The molecule has 0 N–H and O–H groups in total. The van der Waals surface area contributed by atoms with Crippen molar-refractivity contribution in [1.29, 1.82) is 0 Å². The quantitative estimate of drug-likeness (QED) is 0.602. The largest absolute Gasteiger partial charge is 0.377 e. The third-order valence-electron chi connectivity index (χ3n) is 2.69. The Hall–Kier alpha value is -0.0800. The molecule has 0 amide bonds. The molecule has 1 atom stereocenters. The van der Waals surface area contributed by atoms with Crippen LogP contribution in [0.4, 0.5) is 0 Å². The number of rotatable bonds is 2. The van der Waals surface area contributed by atoms with Crippen LogP contribution in [-0.2, 0) is 4.74 Å². The standard InChI is InChI=1S/C9H19NO/c1-8(2)10-6-5-9(3,7-10)11-4/h8H,5-7H2,1-4H3/t9-/m0/s1. The lowest BCUT2D eigenvalue weighted by molar-refractivity contribution is 0.0124. The number of methoxy groups -OCH3 is 1. The van der Waals surface area contributed by atoms with Crippen LogP contribution in [0.5, 0.6) is 0 Å². The van der Waals surface area contributed by atoms with Crippen LogP contribution in [0.1, 0.15) is 27.2 Å². The zero-order valence-electron chi connectivity index (χ0n) is 8.05. The van der Waals surface area contributed by atoms with Crippen molar-refractivity contribution in [1.82, 2.24) is 4.90 Å². The molecule has 2 heteroatoms. The number of likely N-dealkylation sites (tertiary alicyclic amines) is 1. The summed E-state index contributed by atoms with van der Waals surface area (Å²) in [5.41, 5.74) is 0.115.